The number of Topliss-reactive ketones (excluding diaryl/α,β-unsaturated/α-hetero) is 1. The van der Waals surface area contributed by atoms with E-state index in [1.807, 2.05) is 0 Å². The van der Waals surface area contributed by atoms with E-state index in [4.69, 9.17) is 0 Å². The number of fused-ring (bicyclic) bond motifs is 5. The molecule has 0 aromatic carbocycles. The molecule has 4 rings (SSSR count). The molecule has 0 spiro atoms. The van der Waals surface area contributed by atoms with E-state index in [1.54, 1.807) is 0 Å². The van der Waals surface area contributed by atoms with Crippen molar-refractivity contribution in [1.29, 1.82) is 0 Å². The normalized spacial score (nSPS) is 48.3. The zero-order valence-corrected chi connectivity index (χ0v) is 23.2. The lowest BCUT2D eigenvalue weighted by molar-refractivity contribution is -0.219. The second-order valence-electron chi connectivity index (χ2n) is 14.7. The summed E-state index contributed by atoms with van der Waals surface area (Å²) in [5, 5.41) is 11.7. The molecule has 2 nitrogen and oxygen atoms in total. The second-order valence-corrected chi connectivity index (χ2v) is 14.7. The van der Waals surface area contributed by atoms with E-state index in [2.05, 4.69) is 68.4 Å². The van der Waals surface area contributed by atoms with E-state index >= 15 is 0 Å². The van der Waals surface area contributed by atoms with Crippen molar-refractivity contribution in [3.8, 4) is 0 Å². The van der Waals surface area contributed by atoms with Crippen molar-refractivity contribution in [2.45, 2.75) is 126 Å². The maximum absolute atomic E-state index is 12.9. The molecule has 0 radical (unpaired) electrons. The molecule has 0 bridgehead atoms. The topological polar surface area (TPSA) is 37.3 Å². The summed E-state index contributed by atoms with van der Waals surface area (Å²) in [5.74, 6) is 3.32. The number of carbonyl (C=O) groups is 1. The molecular weight excluding hydrogens is 404 g/mol. The first-order chi connectivity index (χ1) is 15.1. The first-order valence-electron chi connectivity index (χ1n) is 14.0. The number of ketones is 1. The summed E-state index contributed by atoms with van der Waals surface area (Å²) in [6, 6.07) is 0. The van der Waals surface area contributed by atoms with Crippen LogP contribution in [0, 0.1) is 51.2 Å². The Bertz CT molecular complexity index is 817. The van der Waals surface area contributed by atoms with Gasteiger partial charge in [-0.3, -0.25) is 4.79 Å². The predicted octanol–water partition coefficient (Wildman–Crippen LogP) is 7.98. The lowest BCUT2D eigenvalue weighted by Crippen LogP contribution is -2.65. The maximum atomic E-state index is 12.9. The van der Waals surface area contributed by atoms with Crippen LogP contribution in [0.15, 0.2) is 11.6 Å². The molecule has 0 aromatic heterocycles. The van der Waals surface area contributed by atoms with E-state index in [9.17, 15) is 9.90 Å². The summed E-state index contributed by atoms with van der Waals surface area (Å²) in [4.78, 5) is 12.9. The molecular formula is C31H52O2. The highest BCUT2D eigenvalue weighted by atomic mass is 16.3. The van der Waals surface area contributed by atoms with Crippen LogP contribution in [0.2, 0.25) is 0 Å². The molecule has 188 valence electrons. The molecule has 0 saturated heterocycles. The molecule has 33 heavy (non-hydrogen) atoms. The molecule has 4 aliphatic carbocycles. The van der Waals surface area contributed by atoms with Crippen LogP contribution in [0.4, 0.5) is 0 Å². The first kappa shape index (κ1) is 25.5. The Labute approximate surface area is 204 Å². The predicted molar refractivity (Wildman–Crippen MR) is 138 cm³/mol. The van der Waals surface area contributed by atoms with Gasteiger partial charge in [0.15, 0.2) is 0 Å². The first-order valence-corrected chi connectivity index (χ1v) is 14.0. The quantitative estimate of drug-likeness (QED) is 0.435. The Morgan fingerprint density at radius 2 is 1.67 bits per heavy atom. The highest BCUT2D eigenvalue weighted by molar-refractivity contribution is 5.85. The number of rotatable bonds is 4. The Morgan fingerprint density at radius 1 is 1.03 bits per heavy atom. The van der Waals surface area contributed by atoms with Crippen LogP contribution in [0.25, 0.3) is 0 Å². The molecule has 1 N–H and O–H groups in total. The third-order valence-electron chi connectivity index (χ3n) is 12.5. The monoisotopic (exact) mass is 456 g/mol. The van der Waals surface area contributed by atoms with Gasteiger partial charge >= 0.3 is 0 Å². The van der Waals surface area contributed by atoms with Crippen LogP contribution in [0.1, 0.15) is 120 Å². The maximum Gasteiger partial charge on any atom is 0.138 e. The smallest absolute Gasteiger partial charge is 0.138 e. The van der Waals surface area contributed by atoms with E-state index in [1.165, 1.54) is 37.7 Å². The molecule has 4 aliphatic rings. The Morgan fingerprint density at radius 3 is 2.30 bits per heavy atom. The minimum atomic E-state index is -0.591. The van der Waals surface area contributed by atoms with Gasteiger partial charge in [-0.05, 0) is 118 Å². The minimum Gasteiger partial charge on any atom is -0.390 e. The lowest BCUT2D eigenvalue weighted by Gasteiger charge is -2.70. The van der Waals surface area contributed by atoms with Crippen LogP contribution in [0.5, 0.6) is 0 Å². The van der Waals surface area contributed by atoms with E-state index in [0.29, 0.717) is 40.8 Å². The summed E-state index contributed by atoms with van der Waals surface area (Å²) in [5.41, 5.74) is 1.42. The van der Waals surface area contributed by atoms with Gasteiger partial charge in [-0.1, -0.05) is 53.2 Å². The number of allylic oxidation sites excluding steroid dienone is 2. The number of hydrogen-bond acceptors (Lipinski definition) is 2. The average molecular weight is 457 g/mol. The van der Waals surface area contributed by atoms with Crippen molar-refractivity contribution in [3.05, 3.63) is 11.6 Å². The van der Waals surface area contributed by atoms with Crippen LogP contribution in [-0.4, -0.2) is 16.5 Å². The Kier molecular flexibility index (Phi) is 6.13. The summed E-state index contributed by atoms with van der Waals surface area (Å²) >= 11 is 0. The molecule has 0 amide bonds. The Hall–Kier alpha value is -0.630. The SMILES string of the molecule is CC(C)=CCC[C@](C)(O)C1CC[C@]2(C)C1[C@H](C)CC1[C@@]3(C)CCC(=O)C(C)(C)C3CC[C@]12C. The molecule has 0 aromatic rings. The van der Waals surface area contributed by atoms with E-state index in [0.717, 1.165) is 25.7 Å². The second kappa shape index (κ2) is 7.94. The van der Waals surface area contributed by atoms with Gasteiger partial charge in [0.1, 0.15) is 5.78 Å². The van der Waals surface area contributed by atoms with Gasteiger partial charge in [-0.15, -0.1) is 0 Å². The Balaban J connectivity index is 1.67. The summed E-state index contributed by atoms with van der Waals surface area (Å²) in [6.45, 7) is 21.2. The standard InChI is InChI=1S/C31H52O2/c1-20(2)11-10-15-31(9,33)22-12-17-30(8)26(22)21(3)19-24-28(6)16-14-25(32)27(4,5)23(28)13-18-29(24,30)7/h11,21-24,26,33H,10,12-19H2,1-9H3/t21-,22?,23?,24?,26?,28+,29-,30-,31+/m1/s1. The van der Waals surface area contributed by atoms with Crippen molar-refractivity contribution in [2.75, 3.05) is 0 Å². The number of hydrogen-bond donors (Lipinski definition) is 1. The fourth-order valence-electron chi connectivity index (χ4n) is 10.6. The van der Waals surface area contributed by atoms with E-state index < -0.39 is 5.60 Å². The largest absolute Gasteiger partial charge is 0.390 e. The minimum absolute atomic E-state index is 0.178. The zero-order valence-electron chi connectivity index (χ0n) is 23.2. The third-order valence-corrected chi connectivity index (χ3v) is 12.5. The average Bonchev–Trinajstić information content (AvgIpc) is 3.08. The number of carbonyl (C=O) groups excluding carboxylic acids is 1. The van der Waals surface area contributed by atoms with Gasteiger partial charge in [0.05, 0.1) is 5.60 Å². The van der Waals surface area contributed by atoms with Crippen molar-refractivity contribution >= 4 is 5.78 Å². The highest BCUT2D eigenvalue weighted by Crippen LogP contribution is 2.76. The van der Waals surface area contributed by atoms with Gasteiger partial charge in [0.25, 0.3) is 0 Å². The van der Waals surface area contributed by atoms with Crippen molar-refractivity contribution in [3.63, 3.8) is 0 Å². The summed E-state index contributed by atoms with van der Waals surface area (Å²) < 4.78 is 0. The van der Waals surface area contributed by atoms with Crippen LogP contribution in [0.3, 0.4) is 0 Å². The van der Waals surface area contributed by atoms with Crippen molar-refractivity contribution in [2.24, 2.45) is 51.2 Å². The van der Waals surface area contributed by atoms with Gasteiger partial charge in [-0.25, -0.2) is 0 Å². The van der Waals surface area contributed by atoms with Gasteiger partial charge in [0, 0.05) is 11.8 Å². The molecule has 2 heteroatoms. The van der Waals surface area contributed by atoms with Gasteiger partial charge < -0.3 is 5.11 Å². The van der Waals surface area contributed by atoms with Crippen LogP contribution < -0.4 is 0 Å². The molecule has 4 fully saturated rings. The molecule has 9 atom stereocenters. The third kappa shape index (κ3) is 3.54. The van der Waals surface area contributed by atoms with Gasteiger partial charge in [0.2, 0.25) is 0 Å². The highest BCUT2D eigenvalue weighted by Gasteiger charge is 2.70. The van der Waals surface area contributed by atoms with Crippen LogP contribution >= 0.6 is 0 Å². The summed E-state index contributed by atoms with van der Waals surface area (Å²) in [6.07, 6.45) is 12.1. The molecule has 0 heterocycles. The fraction of sp³-hybridized carbons (Fsp3) is 0.903. The zero-order chi connectivity index (χ0) is 24.6. The molecule has 0 aliphatic heterocycles. The van der Waals surface area contributed by atoms with Crippen molar-refractivity contribution < 1.29 is 9.90 Å². The fourth-order valence-corrected chi connectivity index (χ4v) is 10.6. The number of aliphatic hydroxyl groups is 1. The van der Waals surface area contributed by atoms with E-state index in [-0.39, 0.29) is 16.2 Å². The van der Waals surface area contributed by atoms with Gasteiger partial charge in [-0.2, -0.15) is 0 Å². The van der Waals surface area contributed by atoms with Crippen LogP contribution in [-0.2, 0) is 4.79 Å². The lowest BCUT2D eigenvalue weighted by atomic mass is 9.34. The molecule has 4 unspecified atom stereocenters. The molecule has 4 saturated carbocycles. The van der Waals surface area contributed by atoms with Crippen molar-refractivity contribution in [1.82, 2.24) is 0 Å². The summed E-state index contributed by atoms with van der Waals surface area (Å²) in [7, 11) is 0.